The lowest BCUT2D eigenvalue weighted by Crippen LogP contribution is -1.92. The Bertz CT molecular complexity index is 628. The van der Waals surface area contributed by atoms with Crippen molar-refractivity contribution in [2.75, 3.05) is 13.0 Å². The highest BCUT2D eigenvalue weighted by Crippen LogP contribution is 2.38. The molecule has 0 aromatic heterocycles. The molecule has 7 heteroatoms. The van der Waals surface area contributed by atoms with Gasteiger partial charge in [-0.25, -0.2) is 4.99 Å². The molecule has 0 saturated carbocycles. The van der Waals surface area contributed by atoms with Crippen LogP contribution in [-0.2, 0) is 4.79 Å². The van der Waals surface area contributed by atoms with Gasteiger partial charge < -0.3 is 9.47 Å². The summed E-state index contributed by atoms with van der Waals surface area (Å²) in [5.41, 5.74) is 1.09. The van der Waals surface area contributed by atoms with Crippen molar-refractivity contribution in [2.45, 2.75) is 0 Å². The molecule has 2 heterocycles. The molecule has 3 rings (SSSR count). The lowest BCUT2D eigenvalue weighted by atomic mass is 10.1. The third kappa shape index (κ3) is 2.48. The predicted molar refractivity (Wildman–Crippen MR) is 79.1 cm³/mol. The second-order valence-electron chi connectivity index (χ2n) is 3.73. The quantitative estimate of drug-likeness (QED) is 0.744. The molecule has 0 saturated heterocycles. The zero-order chi connectivity index (χ0) is 13.4. The second-order valence-corrected chi connectivity index (χ2v) is 6.15. The van der Waals surface area contributed by atoms with Crippen molar-refractivity contribution in [3.8, 4) is 11.5 Å². The van der Waals surface area contributed by atoms with Crippen LogP contribution in [0.1, 0.15) is 5.56 Å². The average molecular weight is 314 g/mol. The number of ether oxygens (including phenoxy) is 2. The molecule has 19 heavy (non-hydrogen) atoms. The van der Waals surface area contributed by atoms with E-state index in [1.165, 1.54) is 11.8 Å². The predicted octanol–water partition coefficient (Wildman–Crippen LogP) is 3.40. The molecular weight excluding hydrogens is 306 g/mol. The van der Waals surface area contributed by atoms with Gasteiger partial charge in [0, 0.05) is 6.07 Å². The number of carbonyl (C=O) groups is 1. The molecule has 0 N–H and O–H groups in total. The van der Waals surface area contributed by atoms with E-state index in [2.05, 4.69) is 4.99 Å². The fourth-order valence-corrected chi connectivity index (χ4v) is 3.14. The van der Waals surface area contributed by atoms with E-state index in [9.17, 15) is 4.79 Å². The topological polar surface area (TPSA) is 47.9 Å². The molecule has 0 amide bonds. The number of fused-ring (bicyclic) bond motifs is 1. The van der Waals surface area contributed by atoms with Gasteiger partial charge in [0.1, 0.15) is 10.1 Å². The Morgan fingerprint density at radius 3 is 2.84 bits per heavy atom. The van der Waals surface area contributed by atoms with Crippen LogP contribution in [0.3, 0.4) is 0 Å². The van der Waals surface area contributed by atoms with Crippen molar-refractivity contribution in [1.82, 2.24) is 0 Å². The fourth-order valence-electron chi connectivity index (χ4n) is 1.67. The summed E-state index contributed by atoms with van der Waals surface area (Å²) in [6.07, 6.45) is 3.55. The van der Waals surface area contributed by atoms with Crippen molar-refractivity contribution in [1.29, 1.82) is 0 Å². The number of rotatable bonds is 1. The standard InChI is InChI=1S/C12H8ClNO3S2/c1-18-12-14-8(11(15)19-12)2-6-3-9-10(4-7(6)13)17-5-16-9/h2-4H,5H2,1H3. The van der Waals surface area contributed by atoms with Crippen molar-refractivity contribution >= 4 is 50.7 Å². The Kier molecular flexibility index (Phi) is 3.47. The Balaban J connectivity index is 2.00. The van der Waals surface area contributed by atoms with Gasteiger partial charge in [-0.05, 0) is 35.7 Å². The summed E-state index contributed by atoms with van der Waals surface area (Å²) in [5.74, 6) is 1.25. The first-order chi connectivity index (χ1) is 9.17. The Hall–Kier alpha value is -1.11. The molecule has 0 spiro atoms. The second kappa shape index (κ2) is 5.11. The number of halogens is 1. The minimum atomic E-state index is -0.0712. The summed E-state index contributed by atoms with van der Waals surface area (Å²) < 4.78 is 11.3. The van der Waals surface area contributed by atoms with Gasteiger partial charge >= 0.3 is 0 Å². The molecule has 0 radical (unpaired) electrons. The van der Waals surface area contributed by atoms with Crippen LogP contribution < -0.4 is 9.47 Å². The Morgan fingerprint density at radius 1 is 1.42 bits per heavy atom. The monoisotopic (exact) mass is 313 g/mol. The minimum Gasteiger partial charge on any atom is -0.454 e. The van der Waals surface area contributed by atoms with Crippen LogP contribution in [0.4, 0.5) is 0 Å². The van der Waals surface area contributed by atoms with Crippen LogP contribution in [-0.4, -0.2) is 22.5 Å². The lowest BCUT2D eigenvalue weighted by molar-refractivity contribution is -0.107. The normalized spacial score (nSPS) is 19.2. The Labute approximate surface area is 123 Å². The SMILES string of the molecule is CSC1=NC(=Cc2cc3c(cc2Cl)OCO3)C(=O)S1. The lowest BCUT2D eigenvalue weighted by Gasteiger charge is -2.01. The van der Waals surface area contributed by atoms with Crippen LogP contribution >= 0.6 is 35.1 Å². The summed E-state index contributed by atoms with van der Waals surface area (Å²) in [5, 5.41) is 0.431. The molecule has 98 valence electrons. The van der Waals surface area contributed by atoms with Gasteiger partial charge in [0.15, 0.2) is 11.5 Å². The maximum absolute atomic E-state index is 11.8. The molecule has 2 aliphatic heterocycles. The van der Waals surface area contributed by atoms with Crippen LogP contribution in [0, 0.1) is 0 Å². The average Bonchev–Trinajstić information content (AvgIpc) is 2.97. The summed E-state index contributed by atoms with van der Waals surface area (Å²) in [6.45, 7) is 0.190. The van der Waals surface area contributed by atoms with Gasteiger partial charge in [-0.15, -0.1) is 11.8 Å². The van der Waals surface area contributed by atoms with Gasteiger partial charge in [0.2, 0.25) is 11.9 Å². The summed E-state index contributed by atoms with van der Waals surface area (Å²) >= 11 is 8.73. The number of benzene rings is 1. The molecule has 0 bridgehead atoms. The van der Waals surface area contributed by atoms with Crippen molar-refractivity contribution < 1.29 is 14.3 Å². The van der Waals surface area contributed by atoms with E-state index < -0.39 is 0 Å². The highest BCUT2D eigenvalue weighted by atomic mass is 35.5. The highest BCUT2D eigenvalue weighted by molar-refractivity contribution is 8.45. The fraction of sp³-hybridized carbons (Fsp3) is 0.167. The number of aliphatic imine (C=N–C) groups is 1. The minimum absolute atomic E-state index is 0.0712. The molecule has 0 aliphatic carbocycles. The van der Waals surface area contributed by atoms with Crippen LogP contribution in [0.5, 0.6) is 11.5 Å². The van der Waals surface area contributed by atoms with Crippen molar-refractivity contribution in [3.05, 3.63) is 28.4 Å². The molecule has 0 fully saturated rings. The van der Waals surface area contributed by atoms with E-state index in [-0.39, 0.29) is 11.9 Å². The third-order valence-corrected chi connectivity index (χ3v) is 4.74. The van der Waals surface area contributed by atoms with E-state index in [0.29, 0.717) is 27.8 Å². The molecule has 0 unspecified atom stereocenters. The molecule has 0 atom stereocenters. The number of carbonyl (C=O) groups excluding carboxylic acids is 1. The van der Waals surface area contributed by atoms with Gasteiger partial charge in [-0.1, -0.05) is 11.6 Å². The summed E-state index contributed by atoms with van der Waals surface area (Å²) in [7, 11) is 0. The molecular formula is C12H8ClNO3S2. The van der Waals surface area contributed by atoms with Gasteiger partial charge in [-0.3, -0.25) is 4.79 Å². The largest absolute Gasteiger partial charge is 0.454 e. The molecule has 2 aliphatic rings. The van der Waals surface area contributed by atoms with Gasteiger partial charge in [0.25, 0.3) is 0 Å². The van der Waals surface area contributed by atoms with Crippen LogP contribution in [0.2, 0.25) is 5.02 Å². The Morgan fingerprint density at radius 2 is 2.16 bits per heavy atom. The number of thioether (sulfide) groups is 2. The van der Waals surface area contributed by atoms with Gasteiger partial charge in [-0.2, -0.15) is 0 Å². The molecule has 4 nitrogen and oxygen atoms in total. The van der Waals surface area contributed by atoms with Crippen LogP contribution in [0.25, 0.3) is 6.08 Å². The van der Waals surface area contributed by atoms with Crippen molar-refractivity contribution in [2.24, 2.45) is 4.99 Å². The van der Waals surface area contributed by atoms with E-state index in [0.717, 1.165) is 16.1 Å². The van der Waals surface area contributed by atoms with E-state index >= 15 is 0 Å². The smallest absolute Gasteiger partial charge is 0.244 e. The zero-order valence-electron chi connectivity index (χ0n) is 9.81. The first-order valence-electron chi connectivity index (χ1n) is 5.33. The molecule has 1 aromatic rings. The highest BCUT2D eigenvalue weighted by Gasteiger charge is 2.22. The van der Waals surface area contributed by atoms with E-state index in [4.69, 9.17) is 21.1 Å². The van der Waals surface area contributed by atoms with E-state index in [1.807, 2.05) is 6.26 Å². The summed E-state index contributed by atoms with van der Waals surface area (Å²) in [4.78, 5) is 16.0. The molecule has 1 aromatic carbocycles. The maximum Gasteiger partial charge on any atom is 0.244 e. The first kappa shape index (κ1) is 12.9. The number of nitrogens with zero attached hydrogens (tertiary/aromatic N) is 1. The third-order valence-electron chi connectivity index (χ3n) is 2.56. The number of hydrogen-bond acceptors (Lipinski definition) is 6. The first-order valence-corrected chi connectivity index (χ1v) is 7.75. The zero-order valence-corrected chi connectivity index (χ0v) is 12.2. The summed E-state index contributed by atoms with van der Waals surface area (Å²) in [6, 6.07) is 3.43. The van der Waals surface area contributed by atoms with Gasteiger partial charge in [0.05, 0.1) is 5.02 Å². The maximum atomic E-state index is 11.8. The number of hydrogen-bond donors (Lipinski definition) is 0. The van der Waals surface area contributed by atoms with Crippen LogP contribution in [0.15, 0.2) is 22.8 Å². The van der Waals surface area contributed by atoms with Crippen molar-refractivity contribution in [3.63, 3.8) is 0 Å². The van der Waals surface area contributed by atoms with E-state index in [1.54, 1.807) is 18.2 Å².